The average molecular weight is 623 g/mol. The van der Waals surface area contributed by atoms with Gasteiger partial charge in [0.1, 0.15) is 17.6 Å². The van der Waals surface area contributed by atoms with Gasteiger partial charge in [0.15, 0.2) is 0 Å². The highest BCUT2D eigenvalue weighted by molar-refractivity contribution is 6.01. The lowest BCUT2D eigenvalue weighted by Crippen LogP contribution is -2.42. The second-order valence-corrected chi connectivity index (χ2v) is 11.4. The smallest absolute Gasteiger partial charge is 0.416 e. The molecule has 10 heteroatoms. The monoisotopic (exact) mass is 622 g/mol. The van der Waals surface area contributed by atoms with Gasteiger partial charge in [0.05, 0.1) is 18.2 Å². The average Bonchev–Trinajstić information content (AvgIpc) is 3.00. The molecular formula is C35H34F4N2O4. The second kappa shape index (κ2) is 13.3. The van der Waals surface area contributed by atoms with Crippen molar-refractivity contribution in [2.75, 3.05) is 20.2 Å². The maximum Gasteiger partial charge on any atom is 0.416 e. The molecule has 236 valence electrons. The molecule has 4 aromatic carbocycles. The SMILES string of the molecule is COc1cc(C(F)(F)F)cc(CN2CCCCC2)c1-c1cccc2c(C[C@H](NC(=O)c3c(C)cccc3F)C(=O)O)cccc12. The zero-order chi connectivity index (χ0) is 32.3. The van der Waals surface area contributed by atoms with E-state index < -0.39 is 35.5 Å². The van der Waals surface area contributed by atoms with Crippen molar-refractivity contribution in [3.8, 4) is 16.9 Å². The Morgan fingerprint density at radius 1 is 0.956 bits per heavy atom. The van der Waals surface area contributed by atoms with E-state index in [1.807, 2.05) is 12.1 Å². The molecule has 0 unspecified atom stereocenters. The van der Waals surface area contributed by atoms with Crippen LogP contribution in [0.3, 0.4) is 0 Å². The van der Waals surface area contributed by atoms with Crippen LogP contribution in [0.5, 0.6) is 5.75 Å². The van der Waals surface area contributed by atoms with Gasteiger partial charge in [-0.1, -0.05) is 55.0 Å². The van der Waals surface area contributed by atoms with Crippen LogP contribution in [-0.4, -0.2) is 48.1 Å². The highest BCUT2D eigenvalue weighted by Gasteiger charge is 2.33. The van der Waals surface area contributed by atoms with Crippen LogP contribution in [0.2, 0.25) is 0 Å². The Labute approximate surface area is 258 Å². The first-order valence-corrected chi connectivity index (χ1v) is 14.8. The van der Waals surface area contributed by atoms with Crippen molar-refractivity contribution in [3.05, 3.63) is 100 Å². The zero-order valence-corrected chi connectivity index (χ0v) is 25.0. The molecule has 5 rings (SSSR count). The summed E-state index contributed by atoms with van der Waals surface area (Å²) >= 11 is 0. The number of likely N-dealkylation sites (tertiary alicyclic amines) is 1. The van der Waals surface area contributed by atoms with Crippen molar-refractivity contribution in [1.29, 1.82) is 0 Å². The summed E-state index contributed by atoms with van der Waals surface area (Å²) in [6.07, 6.45) is -1.65. The first kappa shape index (κ1) is 32.0. The summed E-state index contributed by atoms with van der Waals surface area (Å²) < 4.78 is 61.9. The number of carboxylic acid groups (broad SMARTS) is 1. The Balaban J connectivity index is 1.57. The molecule has 1 atom stereocenters. The number of methoxy groups -OCH3 is 1. The van der Waals surface area contributed by atoms with Crippen LogP contribution >= 0.6 is 0 Å². The number of amides is 1. The maximum atomic E-state index is 14.4. The number of piperidine rings is 1. The largest absolute Gasteiger partial charge is 0.496 e. The van der Waals surface area contributed by atoms with Crippen LogP contribution in [-0.2, 0) is 23.9 Å². The molecule has 0 saturated carbocycles. The quantitative estimate of drug-likeness (QED) is 0.190. The molecule has 1 fully saturated rings. The molecule has 1 aliphatic rings. The fourth-order valence-electron chi connectivity index (χ4n) is 6.13. The molecule has 0 aliphatic carbocycles. The Kier molecular flexibility index (Phi) is 9.43. The van der Waals surface area contributed by atoms with Gasteiger partial charge in [0.25, 0.3) is 5.91 Å². The standard InChI is InChI=1S/C35H34F4N2O4/c1-21-9-6-14-28(36)31(21)33(42)40-29(34(43)44)18-22-10-7-12-26-25(22)11-8-13-27(26)32-23(20-41-15-4-3-5-16-41)17-24(35(37,38)39)19-30(32)45-2/h6-14,17,19,29H,3-5,15-16,18,20H2,1-2H3,(H,40,42)(H,43,44)/t29-/m0/s1. The molecule has 1 aliphatic heterocycles. The number of alkyl halides is 3. The van der Waals surface area contributed by atoms with Crippen molar-refractivity contribution in [1.82, 2.24) is 10.2 Å². The zero-order valence-electron chi connectivity index (χ0n) is 25.0. The van der Waals surface area contributed by atoms with Crippen molar-refractivity contribution < 1.29 is 37.0 Å². The highest BCUT2D eigenvalue weighted by atomic mass is 19.4. The van der Waals surface area contributed by atoms with Gasteiger partial charge in [0, 0.05) is 18.5 Å². The molecule has 0 aromatic heterocycles. The fourth-order valence-corrected chi connectivity index (χ4v) is 6.13. The van der Waals surface area contributed by atoms with E-state index in [0.29, 0.717) is 45.1 Å². The minimum atomic E-state index is -4.56. The van der Waals surface area contributed by atoms with Crippen LogP contribution in [0.25, 0.3) is 21.9 Å². The highest BCUT2D eigenvalue weighted by Crippen LogP contribution is 2.43. The molecule has 4 aromatic rings. The summed E-state index contributed by atoms with van der Waals surface area (Å²) in [5, 5.41) is 13.8. The lowest BCUT2D eigenvalue weighted by Gasteiger charge is -2.28. The van der Waals surface area contributed by atoms with Gasteiger partial charge in [-0.15, -0.1) is 0 Å². The number of hydrogen-bond acceptors (Lipinski definition) is 4. The molecule has 1 saturated heterocycles. The van der Waals surface area contributed by atoms with Crippen LogP contribution < -0.4 is 10.1 Å². The summed E-state index contributed by atoms with van der Waals surface area (Å²) in [5.74, 6) is -2.79. The Morgan fingerprint density at radius 3 is 2.31 bits per heavy atom. The van der Waals surface area contributed by atoms with Crippen LogP contribution in [0, 0.1) is 12.7 Å². The number of hydrogen-bond donors (Lipinski definition) is 2. The Bertz CT molecular complexity index is 1710. The number of carbonyl (C=O) groups is 2. The molecule has 1 amide bonds. The van der Waals surface area contributed by atoms with Gasteiger partial charge in [-0.05, 0) is 84.1 Å². The summed E-state index contributed by atoms with van der Waals surface area (Å²) in [5.41, 5.74) is 1.62. The maximum absolute atomic E-state index is 14.4. The molecule has 1 heterocycles. The number of carboxylic acids is 1. The first-order valence-electron chi connectivity index (χ1n) is 14.8. The molecular weight excluding hydrogens is 588 g/mol. The van der Waals surface area contributed by atoms with E-state index in [9.17, 15) is 32.3 Å². The number of aryl methyl sites for hydroxylation is 1. The Hall–Kier alpha value is -4.44. The predicted octanol–water partition coefficient (Wildman–Crippen LogP) is 7.39. The molecule has 0 bridgehead atoms. The summed E-state index contributed by atoms with van der Waals surface area (Å²) in [6.45, 7) is 3.45. The van der Waals surface area contributed by atoms with Crippen LogP contribution in [0.4, 0.5) is 17.6 Å². The molecule has 45 heavy (non-hydrogen) atoms. The number of ether oxygens (including phenoxy) is 1. The van der Waals surface area contributed by atoms with Crippen molar-refractivity contribution in [2.24, 2.45) is 0 Å². The van der Waals surface area contributed by atoms with Gasteiger partial charge < -0.3 is 15.2 Å². The van der Waals surface area contributed by atoms with E-state index in [1.54, 1.807) is 37.3 Å². The number of carbonyl (C=O) groups excluding carboxylic acids is 1. The topological polar surface area (TPSA) is 78.9 Å². The lowest BCUT2D eigenvalue weighted by molar-refractivity contribution is -0.139. The van der Waals surface area contributed by atoms with Crippen molar-refractivity contribution in [2.45, 2.75) is 51.4 Å². The third kappa shape index (κ3) is 6.96. The normalized spacial score (nSPS) is 14.7. The van der Waals surface area contributed by atoms with E-state index in [1.165, 1.54) is 19.2 Å². The third-order valence-electron chi connectivity index (χ3n) is 8.33. The third-order valence-corrected chi connectivity index (χ3v) is 8.33. The lowest BCUT2D eigenvalue weighted by atomic mass is 9.89. The molecule has 0 spiro atoms. The summed E-state index contributed by atoms with van der Waals surface area (Å²) in [7, 11) is 1.34. The number of halogens is 4. The van der Waals surface area contributed by atoms with Crippen molar-refractivity contribution >= 4 is 22.6 Å². The van der Waals surface area contributed by atoms with Gasteiger partial charge in [-0.2, -0.15) is 13.2 Å². The first-order chi connectivity index (χ1) is 21.5. The number of fused-ring (bicyclic) bond motifs is 1. The number of nitrogens with zero attached hydrogens (tertiary/aromatic N) is 1. The molecule has 6 nitrogen and oxygen atoms in total. The molecule has 0 radical (unpaired) electrons. The van der Waals surface area contributed by atoms with Gasteiger partial charge in [-0.3, -0.25) is 9.69 Å². The summed E-state index contributed by atoms with van der Waals surface area (Å²) in [6, 6.07) is 15.7. The molecule has 2 N–H and O–H groups in total. The van der Waals surface area contributed by atoms with E-state index in [0.717, 1.165) is 44.5 Å². The van der Waals surface area contributed by atoms with Crippen LogP contribution in [0.15, 0.2) is 66.7 Å². The van der Waals surface area contributed by atoms with Gasteiger partial charge in [-0.25, -0.2) is 9.18 Å². The number of benzene rings is 4. The van der Waals surface area contributed by atoms with Gasteiger partial charge in [0.2, 0.25) is 0 Å². The number of rotatable bonds is 9. The van der Waals surface area contributed by atoms with E-state index >= 15 is 0 Å². The minimum Gasteiger partial charge on any atom is -0.496 e. The second-order valence-electron chi connectivity index (χ2n) is 11.4. The minimum absolute atomic E-state index is 0.0886. The van der Waals surface area contributed by atoms with Crippen molar-refractivity contribution in [3.63, 3.8) is 0 Å². The summed E-state index contributed by atoms with van der Waals surface area (Å²) in [4.78, 5) is 27.4. The predicted molar refractivity (Wildman–Crippen MR) is 164 cm³/mol. The fraction of sp³-hybridized carbons (Fsp3) is 0.314. The van der Waals surface area contributed by atoms with E-state index in [2.05, 4.69) is 10.2 Å². The van der Waals surface area contributed by atoms with Crippen LogP contribution in [0.1, 0.15) is 51.9 Å². The Morgan fingerprint density at radius 2 is 1.64 bits per heavy atom. The van der Waals surface area contributed by atoms with E-state index in [-0.39, 0.29) is 17.7 Å². The number of nitrogens with one attached hydrogen (secondary N) is 1. The van der Waals surface area contributed by atoms with Gasteiger partial charge >= 0.3 is 12.1 Å². The number of aliphatic carboxylic acids is 1. The van der Waals surface area contributed by atoms with E-state index in [4.69, 9.17) is 4.74 Å².